The van der Waals surface area contributed by atoms with E-state index in [1.807, 2.05) is 29.6 Å². The fourth-order valence-corrected chi connectivity index (χ4v) is 3.67. The van der Waals surface area contributed by atoms with Gasteiger partial charge in [0.05, 0.1) is 4.88 Å². The monoisotopic (exact) mass is 394 g/mol. The van der Waals surface area contributed by atoms with Crippen LogP contribution < -0.4 is 10.1 Å². The van der Waals surface area contributed by atoms with Crippen LogP contribution in [-0.4, -0.2) is 36.4 Å². The molecule has 0 bridgehead atoms. The molecule has 0 radical (unpaired) electrons. The van der Waals surface area contributed by atoms with Gasteiger partial charge in [-0.1, -0.05) is 18.2 Å². The summed E-state index contributed by atoms with van der Waals surface area (Å²) < 4.78 is 6.40. The molecule has 2 amide bonds. The van der Waals surface area contributed by atoms with Gasteiger partial charge in [-0.2, -0.15) is 0 Å². The molecule has 1 aliphatic heterocycles. The summed E-state index contributed by atoms with van der Waals surface area (Å²) in [5, 5.41) is 4.70. The molecule has 3 rings (SSSR count). The lowest BCUT2D eigenvalue weighted by Gasteiger charge is -2.20. The van der Waals surface area contributed by atoms with E-state index in [2.05, 4.69) is 21.2 Å². The molecule has 0 spiro atoms. The van der Waals surface area contributed by atoms with Crippen molar-refractivity contribution in [3.8, 4) is 5.75 Å². The SMILES string of the molecule is O=C(NCCN1Cc2ccccc2OCC1=O)c1cc(Br)cs1. The Hall–Kier alpha value is -1.86. The van der Waals surface area contributed by atoms with Crippen molar-refractivity contribution < 1.29 is 14.3 Å². The minimum Gasteiger partial charge on any atom is -0.483 e. The van der Waals surface area contributed by atoms with Crippen LogP contribution in [0, 0.1) is 0 Å². The second-order valence-electron chi connectivity index (χ2n) is 5.10. The van der Waals surface area contributed by atoms with Gasteiger partial charge in [0.2, 0.25) is 0 Å². The van der Waals surface area contributed by atoms with Crippen LogP contribution in [0.3, 0.4) is 0 Å². The molecule has 2 aromatic rings. The highest BCUT2D eigenvalue weighted by molar-refractivity contribution is 9.10. The molecule has 0 saturated carbocycles. The zero-order valence-corrected chi connectivity index (χ0v) is 14.7. The van der Waals surface area contributed by atoms with E-state index in [-0.39, 0.29) is 18.4 Å². The molecule has 2 heterocycles. The van der Waals surface area contributed by atoms with Gasteiger partial charge in [-0.15, -0.1) is 11.3 Å². The van der Waals surface area contributed by atoms with E-state index >= 15 is 0 Å². The zero-order valence-electron chi connectivity index (χ0n) is 12.3. The largest absolute Gasteiger partial charge is 0.483 e. The number of halogens is 1. The van der Waals surface area contributed by atoms with Crippen molar-refractivity contribution in [1.82, 2.24) is 10.2 Å². The fraction of sp³-hybridized carbons (Fsp3) is 0.250. The van der Waals surface area contributed by atoms with Crippen LogP contribution in [0.25, 0.3) is 0 Å². The maximum absolute atomic E-state index is 12.1. The number of amides is 2. The highest BCUT2D eigenvalue weighted by Crippen LogP contribution is 2.22. The first-order valence-electron chi connectivity index (χ1n) is 7.14. The van der Waals surface area contributed by atoms with Gasteiger partial charge in [0.1, 0.15) is 5.75 Å². The molecular weight excluding hydrogens is 380 g/mol. The van der Waals surface area contributed by atoms with Gasteiger partial charge in [-0.3, -0.25) is 9.59 Å². The quantitative estimate of drug-likeness (QED) is 0.866. The number of fused-ring (bicyclic) bond motifs is 1. The minimum atomic E-state index is -0.125. The number of hydrogen-bond donors (Lipinski definition) is 1. The summed E-state index contributed by atoms with van der Waals surface area (Å²) in [6.45, 7) is 1.38. The number of carbonyl (C=O) groups excluding carboxylic acids is 2. The van der Waals surface area contributed by atoms with Crippen LogP contribution in [-0.2, 0) is 11.3 Å². The maximum atomic E-state index is 12.1. The number of ether oxygens (including phenoxy) is 1. The predicted molar refractivity (Wildman–Crippen MR) is 91.7 cm³/mol. The second kappa shape index (κ2) is 7.14. The lowest BCUT2D eigenvalue weighted by molar-refractivity contribution is -0.133. The van der Waals surface area contributed by atoms with Crippen molar-refractivity contribution in [2.45, 2.75) is 6.54 Å². The number of thiophene rings is 1. The molecule has 0 atom stereocenters. The van der Waals surface area contributed by atoms with Crippen LogP contribution in [0.4, 0.5) is 0 Å². The Morgan fingerprint density at radius 2 is 2.22 bits per heavy atom. The van der Waals surface area contributed by atoms with Gasteiger partial charge in [-0.25, -0.2) is 0 Å². The molecule has 0 fully saturated rings. The van der Waals surface area contributed by atoms with Gasteiger partial charge in [0.15, 0.2) is 6.61 Å². The third-order valence-electron chi connectivity index (χ3n) is 3.50. The number of hydrogen-bond acceptors (Lipinski definition) is 4. The van der Waals surface area contributed by atoms with Crippen LogP contribution in [0.15, 0.2) is 40.2 Å². The number of nitrogens with one attached hydrogen (secondary N) is 1. The predicted octanol–water partition coefficient (Wildman–Crippen LogP) is 2.66. The molecule has 5 nitrogen and oxygen atoms in total. The Morgan fingerprint density at radius 3 is 3.00 bits per heavy atom. The Kier molecular flexibility index (Phi) is 4.97. The molecule has 7 heteroatoms. The van der Waals surface area contributed by atoms with Crippen molar-refractivity contribution in [3.05, 3.63) is 50.6 Å². The average Bonchev–Trinajstić information content (AvgIpc) is 2.92. The molecule has 1 aromatic carbocycles. The molecule has 0 saturated heterocycles. The van der Waals surface area contributed by atoms with E-state index in [1.165, 1.54) is 11.3 Å². The van der Waals surface area contributed by atoms with E-state index in [0.717, 1.165) is 15.8 Å². The second-order valence-corrected chi connectivity index (χ2v) is 6.92. The average molecular weight is 395 g/mol. The summed E-state index contributed by atoms with van der Waals surface area (Å²) in [7, 11) is 0. The first kappa shape index (κ1) is 16.0. The number of carbonyl (C=O) groups is 2. The van der Waals surface area contributed by atoms with Crippen LogP contribution in [0.1, 0.15) is 15.2 Å². The van der Waals surface area contributed by atoms with Gasteiger partial charge in [-0.05, 0) is 28.1 Å². The molecule has 0 unspecified atom stereocenters. The number of rotatable bonds is 4. The van der Waals surface area contributed by atoms with Gasteiger partial charge < -0.3 is 15.0 Å². The van der Waals surface area contributed by atoms with E-state index in [1.54, 1.807) is 11.0 Å². The standard InChI is InChI=1S/C16H15BrN2O3S/c17-12-7-14(23-10-12)16(21)18-5-6-19-8-11-3-1-2-4-13(11)22-9-15(19)20/h1-4,7,10H,5-6,8-9H2,(H,18,21). The lowest BCUT2D eigenvalue weighted by atomic mass is 10.2. The first-order chi connectivity index (χ1) is 11.1. The molecular formula is C16H15BrN2O3S. The van der Waals surface area contributed by atoms with Crippen molar-refractivity contribution >= 4 is 39.1 Å². The lowest BCUT2D eigenvalue weighted by Crippen LogP contribution is -2.39. The molecule has 1 aromatic heterocycles. The van der Waals surface area contributed by atoms with E-state index in [9.17, 15) is 9.59 Å². The Balaban J connectivity index is 1.57. The number of nitrogens with zero attached hydrogens (tertiary/aromatic N) is 1. The Bertz CT molecular complexity index is 732. The summed E-state index contributed by atoms with van der Waals surface area (Å²) in [4.78, 5) is 26.5. The van der Waals surface area contributed by atoms with Gasteiger partial charge in [0, 0.05) is 35.1 Å². The Morgan fingerprint density at radius 1 is 1.39 bits per heavy atom. The van der Waals surface area contributed by atoms with Crippen molar-refractivity contribution in [2.75, 3.05) is 19.7 Å². The summed E-state index contributed by atoms with van der Waals surface area (Å²) >= 11 is 4.71. The van der Waals surface area contributed by atoms with Crippen molar-refractivity contribution in [3.63, 3.8) is 0 Å². The normalized spacial score (nSPS) is 14.0. The topological polar surface area (TPSA) is 58.6 Å². The van der Waals surface area contributed by atoms with E-state index < -0.39 is 0 Å². The van der Waals surface area contributed by atoms with Gasteiger partial charge >= 0.3 is 0 Å². The van der Waals surface area contributed by atoms with Crippen LogP contribution in [0.2, 0.25) is 0 Å². The molecule has 23 heavy (non-hydrogen) atoms. The van der Waals surface area contributed by atoms with Crippen molar-refractivity contribution in [2.24, 2.45) is 0 Å². The highest BCUT2D eigenvalue weighted by Gasteiger charge is 2.21. The molecule has 1 N–H and O–H groups in total. The number of benzene rings is 1. The number of para-hydroxylation sites is 1. The van der Waals surface area contributed by atoms with Gasteiger partial charge in [0.25, 0.3) is 11.8 Å². The molecule has 0 aliphatic carbocycles. The van der Waals surface area contributed by atoms with Crippen LogP contribution >= 0.6 is 27.3 Å². The Labute approximate surface area is 146 Å². The highest BCUT2D eigenvalue weighted by atomic mass is 79.9. The minimum absolute atomic E-state index is 0.0306. The summed E-state index contributed by atoms with van der Waals surface area (Å²) in [6, 6.07) is 9.40. The zero-order chi connectivity index (χ0) is 16.2. The maximum Gasteiger partial charge on any atom is 0.261 e. The third-order valence-corrected chi connectivity index (χ3v) is 5.19. The van der Waals surface area contributed by atoms with Crippen LogP contribution in [0.5, 0.6) is 5.75 Å². The third kappa shape index (κ3) is 3.92. The fourth-order valence-electron chi connectivity index (χ4n) is 2.33. The first-order valence-corrected chi connectivity index (χ1v) is 8.81. The molecule has 1 aliphatic rings. The van der Waals surface area contributed by atoms with E-state index in [0.29, 0.717) is 24.5 Å². The summed E-state index contributed by atoms with van der Waals surface area (Å²) in [5.74, 6) is 0.546. The molecule has 120 valence electrons. The van der Waals surface area contributed by atoms with Crippen molar-refractivity contribution in [1.29, 1.82) is 0 Å². The smallest absolute Gasteiger partial charge is 0.261 e. The summed E-state index contributed by atoms with van der Waals surface area (Å²) in [5.41, 5.74) is 0.979. The summed E-state index contributed by atoms with van der Waals surface area (Å²) in [6.07, 6.45) is 0. The van der Waals surface area contributed by atoms with E-state index in [4.69, 9.17) is 4.74 Å².